The number of allylic oxidation sites excluding steroid dienone is 1. The molecule has 6 nitrogen and oxygen atoms in total. The van der Waals surface area contributed by atoms with Crippen LogP contribution in [0.2, 0.25) is 10.0 Å². The second-order valence-corrected chi connectivity index (χ2v) is 12.3. The van der Waals surface area contributed by atoms with Crippen molar-refractivity contribution in [2.45, 2.75) is 4.90 Å². The summed E-state index contributed by atoms with van der Waals surface area (Å²) in [5.74, 6) is -1.68. The molecule has 0 aromatic heterocycles. The zero-order valence-corrected chi connectivity index (χ0v) is 24.4. The number of carbonyl (C=O) groups excluding carboxylic acids is 2. The summed E-state index contributed by atoms with van der Waals surface area (Å²) in [5.41, 5.74) is 1.19. The number of nitrogens with zero attached hydrogens (tertiary/aromatic N) is 1. The summed E-state index contributed by atoms with van der Waals surface area (Å²) < 4.78 is 33.8. The highest BCUT2D eigenvalue weighted by atomic mass is 35.5. The molecule has 5 aromatic rings. The molecule has 9 heteroatoms. The van der Waals surface area contributed by atoms with Crippen LogP contribution >= 0.6 is 23.2 Å². The van der Waals surface area contributed by atoms with Gasteiger partial charge in [0.15, 0.2) is 5.76 Å². The molecular formula is C33H21Cl2NO5S. The van der Waals surface area contributed by atoms with Crippen molar-refractivity contribution in [2.24, 2.45) is 0 Å². The lowest BCUT2D eigenvalue weighted by Gasteiger charge is -2.30. The first-order valence-corrected chi connectivity index (χ1v) is 15.0. The van der Waals surface area contributed by atoms with Gasteiger partial charge in [-0.2, -0.15) is 0 Å². The van der Waals surface area contributed by atoms with Crippen LogP contribution in [0.25, 0.3) is 27.7 Å². The maximum Gasteiger partial charge on any atom is 0.345 e. The van der Waals surface area contributed by atoms with E-state index < -0.39 is 21.8 Å². The molecular weight excluding hydrogens is 593 g/mol. The predicted molar refractivity (Wildman–Crippen MR) is 164 cm³/mol. The normalized spacial score (nSPS) is 14.0. The van der Waals surface area contributed by atoms with Crippen LogP contribution in [0.5, 0.6) is 0 Å². The Labute approximate surface area is 252 Å². The Bertz CT molecular complexity index is 2070. The number of ether oxygens (including phenoxy) is 1. The summed E-state index contributed by atoms with van der Waals surface area (Å²) in [6.07, 6.45) is 0. The molecule has 6 rings (SSSR count). The van der Waals surface area contributed by atoms with Crippen LogP contribution in [0, 0.1) is 0 Å². The Balaban J connectivity index is 1.50. The van der Waals surface area contributed by atoms with Gasteiger partial charge in [0.05, 0.1) is 15.5 Å². The van der Waals surface area contributed by atoms with Crippen molar-refractivity contribution >= 4 is 61.5 Å². The molecule has 0 bridgehead atoms. The number of benzene rings is 5. The fourth-order valence-corrected chi connectivity index (χ4v) is 6.89. The van der Waals surface area contributed by atoms with Crippen LogP contribution < -0.4 is 0 Å². The van der Waals surface area contributed by atoms with Gasteiger partial charge in [-0.25, -0.2) is 13.2 Å². The summed E-state index contributed by atoms with van der Waals surface area (Å²) in [6.45, 7) is 0. The fraction of sp³-hybridized carbons (Fsp3) is 0.0303. The van der Waals surface area contributed by atoms with Gasteiger partial charge in [-0.1, -0.05) is 102 Å². The number of hydrogen-bond donors (Lipinski definition) is 0. The molecule has 0 fully saturated rings. The number of rotatable bonds is 5. The lowest BCUT2D eigenvalue weighted by Crippen LogP contribution is -2.36. The largest absolute Gasteiger partial charge is 0.420 e. The third-order valence-electron chi connectivity index (χ3n) is 7.10. The van der Waals surface area contributed by atoms with Gasteiger partial charge in [0.1, 0.15) is 5.70 Å². The predicted octanol–water partition coefficient (Wildman–Crippen LogP) is 7.86. The van der Waals surface area contributed by atoms with E-state index in [1.165, 1.54) is 25.2 Å². The van der Waals surface area contributed by atoms with Crippen molar-refractivity contribution < 1.29 is 22.7 Å². The molecule has 0 saturated heterocycles. The molecule has 42 heavy (non-hydrogen) atoms. The summed E-state index contributed by atoms with van der Waals surface area (Å²) >= 11 is 13.1. The minimum atomic E-state index is -4.13. The molecule has 0 radical (unpaired) electrons. The Morgan fingerprint density at radius 1 is 0.714 bits per heavy atom. The highest BCUT2D eigenvalue weighted by Gasteiger charge is 2.40. The van der Waals surface area contributed by atoms with Crippen molar-refractivity contribution in [2.75, 3.05) is 7.05 Å². The van der Waals surface area contributed by atoms with Gasteiger partial charge in [0.25, 0.3) is 10.0 Å². The summed E-state index contributed by atoms with van der Waals surface area (Å²) in [7, 11) is -2.87. The molecule has 0 N–H and O–H groups in total. The minimum Gasteiger partial charge on any atom is -0.420 e. The number of fused-ring (bicyclic) bond motifs is 2. The van der Waals surface area contributed by atoms with E-state index in [4.69, 9.17) is 27.9 Å². The summed E-state index contributed by atoms with van der Waals surface area (Å²) in [5, 5.41) is 2.26. The monoisotopic (exact) mass is 613 g/mol. The number of carbonyl (C=O) groups is 2. The Morgan fingerprint density at radius 3 is 2.12 bits per heavy atom. The molecule has 208 valence electrons. The molecule has 5 aromatic carbocycles. The molecule has 0 unspecified atom stereocenters. The summed E-state index contributed by atoms with van der Waals surface area (Å²) in [6, 6.07) is 30.5. The number of esters is 1. The van der Waals surface area contributed by atoms with Crippen molar-refractivity contribution in [3.63, 3.8) is 0 Å². The standard InChI is InChI=1S/C33H21Cl2NO5S/c1-36-30(31(37)22-18-17-20-9-2-3-10-21(20)19-22)32(25-12-5-7-16-28(25)42(36,39)40)41-33(38)26-14-8-13-24(29(26)35)23-11-4-6-15-27(23)34/h2-19H,1H3. The molecule has 1 aliphatic heterocycles. The molecule has 1 aliphatic rings. The van der Waals surface area contributed by atoms with E-state index in [-0.39, 0.29) is 38.1 Å². The third kappa shape index (κ3) is 4.65. The molecule has 0 atom stereocenters. The minimum absolute atomic E-state index is 0.0210. The van der Waals surface area contributed by atoms with E-state index >= 15 is 0 Å². The van der Waals surface area contributed by atoms with E-state index in [2.05, 4.69) is 0 Å². The molecule has 0 aliphatic carbocycles. The van der Waals surface area contributed by atoms with E-state index in [0.717, 1.165) is 15.1 Å². The van der Waals surface area contributed by atoms with Gasteiger partial charge in [0.2, 0.25) is 5.78 Å². The highest BCUT2D eigenvalue weighted by molar-refractivity contribution is 7.89. The molecule has 1 heterocycles. The van der Waals surface area contributed by atoms with Crippen molar-refractivity contribution in [1.82, 2.24) is 4.31 Å². The van der Waals surface area contributed by atoms with Crippen LogP contribution in [-0.4, -0.2) is 31.5 Å². The number of ketones is 1. The topological polar surface area (TPSA) is 80.8 Å². The number of Topliss-reactive ketones (excluding diaryl/α,β-unsaturated/α-hetero) is 1. The number of sulfonamides is 1. The van der Waals surface area contributed by atoms with Crippen LogP contribution in [0.15, 0.2) is 120 Å². The van der Waals surface area contributed by atoms with Gasteiger partial charge >= 0.3 is 5.97 Å². The average Bonchev–Trinajstić information content (AvgIpc) is 3.00. The first kappa shape index (κ1) is 27.7. The first-order valence-electron chi connectivity index (χ1n) is 12.8. The number of hydrogen-bond acceptors (Lipinski definition) is 5. The fourth-order valence-electron chi connectivity index (χ4n) is 4.96. The van der Waals surface area contributed by atoms with Crippen molar-refractivity contribution in [3.8, 4) is 11.1 Å². The van der Waals surface area contributed by atoms with Crippen molar-refractivity contribution in [1.29, 1.82) is 0 Å². The Hall–Kier alpha value is -4.43. The average molecular weight is 615 g/mol. The van der Waals surface area contributed by atoms with Crippen LogP contribution in [0.4, 0.5) is 0 Å². The van der Waals surface area contributed by atoms with Gasteiger partial charge in [-0.15, -0.1) is 0 Å². The maximum absolute atomic E-state index is 14.0. The quantitative estimate of drug-likeness (QED) is 0.149. The van der Waals surface area contributed by atoms with Crippen LogP contribution in [0.3, 0.4) is 0 Å². The second kappa shape index (κ2) is 10.8. The third-order valence-corrected chi connectivity index (χ3v) is 9.66. The highest BCUT2D eigenvalue weighted by Crippen LogP contribution is 2.40. The van der Waals surface area contributed by atoms with Gasteiger partial charge in [-0.05, 0) is 41.1 Å². The molecule has 0 saturated carbocycles. The van der Waals surface area contributed by atoms with E-state index in [1.54, 1.807) is 66.7 Å². The zero-order chi connectivity index (χ0) is 29.6. The van der Waals surface area contributed by atoms with Crippen molar-refractivity contribution in [3.05, 3.63) is 142 Å². The summed E-state index contributed by atoms with van der Waals surface area (Å²) in [4.78, 5) is 27.6. The Kier molecular flexibility index (Phi) is 7.10. The number of halogens is 2. The smallest absolute Gasteiger partial charge is 0.345 e. The molecule has 0 spiro atoms. The van der Waals surface area contributed by atoms with E-state index in [9.17, 15) is 18.0 Å². The van der Waals surface area contributed by atoms with E-state index in [0.29, 0.717) is 16.1 Å². The number of likely N-dealkylation sites (N-methyl/N-ethyl adjacent to an activating group) is 1. The van der Waals surface area contributed by atoms with Crippen LogP contribution in [0.1, 0.15) is 26.3 Å². The van der Waals surface area contributed by atoms with Gasteiger partial charge in [-0.3, -0.25) is 9.10 Å². The van der Waals surface area contributed by atoms with Crippen LogP contribution in [-0.2, 0) is 14.8 Å². The Morgan fingerprint density at radius 2 is 1.36 bits per heavy atom. The lowest BCUT2D eigenvalue weighted by atomic mass is 10.0. The second-order valence-electron chi connectivity index (χ2n) is 9.57. The SMILES string of the molecule is CN1C(C(=O)c2ccc3ccccc3c2)=C(OC(=O)c2cccc(-c3ccccc3Cl)c2Cl)c2ccccc2S1(=O)=O. The maximum atomic E-state index is 14.0. The van der Waals surface area contributed by atoms with Gasteiger partial charge < -0.3 is 4.74 Å². The van der Waals surface area contributed by atoms with Gasteiger partial charge in [0, 0.05) is 34.3 Å². The zero-order valence-electron chi connectivity index (χ0n) is 22.0. The van der Waals surface area contributed by atoms with E-state index in [1.807, 2.05) is 24.3 Å². The molecule has 0 amide bonds. The lowest BCUT2D eigenvalue weighted by molar-refractivity contribution is 0.0686. The first-order chi connectivity index (χ1) is 20.2.